The molecule has 1 fully saturated rings. The minimum Gasteiger partial charge on any atom is -0.497 e. The Morgan fingerprint density at radius 2 is 2.17 bits per heavy atom. The largest absolute Gasteiger partial charge is 0.497 e. The molecule has 24 heavy (non-hydrogen) atoms. The predicted octanol–water partition coefficient (Wildman–Crippen LogP) is 3.38. The highest BCUT2D eigenvalue weighted by Gasteiger charge is 2.30. The summed E-state index contributed by atoms with van der Waals surface area (Å²) in [6.07, 6.45) is 6.68. The second-order valence-electron chi connectivity index (χ2n) is 6.80. The average Bonchev–Trinajstić information content (AvgIpc) is 3.29. The molecular weight excluding hydrogens is 300 g/mol. The number of benzene rings is 1. The minimum absolute atomic E-state index is 0.700. The average molecular weight is 324 g/mol. The van der Waals surface area contributed by atoms with Gasteiger partial charge in [-0.15, -0.1) is 0 Å². The second kappa shape index (κ2) is 5.98. The zero-order valence-electron chi connectivity index (χ0n) is 14.5. The van der Waals surface area contributed by atoms with Crippen LogP contribution in [0.15, 0.2) is 30.6 Å². The minimum atomic E-state index is 0.700. The molecule has 1 aromatic carbocycles. The Labute approximate surface area is 142 Å². The standard InChI is InChI=1S/C19H24N4O/c1-13-17-8-16(24-3)6-7-18(17)21-19(13)12-23(15-4-5-15)11-14-9-20-22(2)10-14/h6-10,15,21H,4-5,11-12H2,1-3H3. The van der Waals surface area contributed by atoms with Gasteiger partial charge in [-0.3, -0.25) is 9.58 Å². The van der Waals surface area contributed by atoms with Crippen LogP contribution in [0.4, 0.5) is 0 Å². The third-order valence-electron chi connectivity index (χ3n) is 4.94. The van der Waals surface area contributed by atoms with E-state index in [9.17, 15) is 0 Å². The van der Waals surface area contributed by atoms with E-state index in [1.54, 1.807) is 7.11 Å². The van der Waals surface area contributed by atoms with Gasteiger partial charge in [0.05, 0.1) is 13.3 Å². The van der Waals surface area contributed by atoms with Crippen LogP contribution in [-0.2, 0) is 20.1 Å². The van der Waals surface area contributed by atoms with Crippen molar-refractivity contribution in [2.45, 2.75) is 38.9 Å². The van der Waals surface area contributed by atoms with E-state index < -0.39 is 0 Å². The van der Waals surface area contributed by atoms with Crippen molar-refractivity contribution in [1.82, 2.24) is 19.7 Å². The molecule has 5 heteroatoms. The van der Waals surface area contributed by atoms with E-state index in [0.717, 1.165) is 18.8 Å². The molecule has 2 aromatic heterocycles. The van der Waals surface area contributed by atoms with Gasteiger partial charge in [0.25, 0.3) is 0 Å². The number of aromatic nitrogens is 3. The molecule has 0 unspecified atom stereocenters. The summed E-state index contributed by atoms with van der Waals surface area (Å²) in [6, 6.07) is 6.93. The molecule has 0 spiro atoms. The number of fused-ring (bicyclic) bond motifs is 1. The number of methoxy groups -OCH3 is 1. The molecule has 1 aliphatic carbocycles. The van der Waals surface area contributed by atoms with Gasteiger partial charge in [0.1, 0.15) is 5.75 Å². The first kappa shape index (κ1) is 15.3. The van der Waals surface area contributed by atoms with E-state index in [1.807, 2.05) is 24.0 Å². The molecule has 126 valence electrons. The van der Waals surface area contributed by atoms with Gasteiger partial charge in [-0.25, -0.2) is 0 Å². The van der Waals surface area contributed by atoms with Gasteiger partial charge in [-0.2, -0.15) is 5.10 Å². The maximum atomic E-state index is 5.36. The molecule has 4 rings (SSSR count). The molecule has 3 aromatic rings. The van der Waals surface area contributed by atoms with Gasteiger partial charge >= 0.3 is 0 Å². The Morgan fingerprint density at radius 3 is 2.83 bits per heavy atom. The first-order valence-corrected chi connectivity index (χ1v) is 8.51. The van der Waals surface area contributed by atoms with E-state index in [4.69, 9.17) is 4.74 Å². The highest BCUT2D eigenvalue weighted by Crippen LogP contribution is 2.32. The quantitative estimate of drug-likeness (QED) is 0.756. The SMILES string of the molecule is COc1ccc2[nH]c(CN(Cc3cnn(C)c3)C3CC3)c(C)c2c1. The van der Waals surface area contributed by atoms with Crippen molar-refractivity contribution >= 4 is 10.9 Å². The summed E-state index contributed by atoms with van der Waals surface area (Å²) in [5.74, 6) is 0.908. The fourth-order valence-corrected chi connectivity index (χ4v) is 3.39. The maximum Gasteiger partial charge on any atom is 0.119 e. The molecule has 0 amide bonds. The molecule has 0 atom stereocenters. The van der Waals surface area contributed by atoms with Crippen LogP contribution >= 0.6 is 0 Å². The fourth-order valence-electron chi connectivity index (χ4n) is 3.39. The number of ether oxygens (including phenoxy) is 1. The predicted molar refractivity (Wildman–Crippen MR) is 95.1 cm³/mol. The van der Waals surface area contributed by atoms with Crippen LogP contribution in [0.2, 0.25) is 0 Å². The van der Waals surface area contributed by atoms with E-state index in [-0.39, 0.29) is 0 Å². The highest BCUT2D eigenvalue weighted by molar-refractivity contribution is 5.85. The van der Waals surface area contributed by atoms with Crippen molar-refractivity contribution in [1.29, 1.82) is 0 Å². The molecule has 5 nitrogen and oxygen atoms in total. The van der Waals surface area contributed by atoms with Crippen LogP contribution in [0, 0.1) is 6.92 Å². The van der Waals surface area contributed by atoms with E-state index in [0.29, 0.717) is 6.04 Å². The van der Waals surface area contributed by atoms with E-state index >= 15 is 0 Å². The number of aromatic amines is 1. The number of nitrogens with zero attached hydrogens (tertiary/aromatic N) is 3. The molecular formula is C19H24N4O. The first-order chi connectivity index (χ1) is 11.6. The summed E-state index contributed by atoms with van der Waals surface area (Å²) in [6.45, 7) is 4.10. The Balaban J connectivity index is 1.60. The number of rotatable bonds is 6. The molecule has 0 radical (unpaired) electrons. The zero-order chi connectivity index (χ0) is 16.7. The summed E-state index contributed by atoms with van der Waals surface area (Å²) in [5.41, 5.74) is 5.08. The van der Waals surface area contributed by atoms with Crippen molar-refractivity contribution in [3.05, 3.63) is 47.4 Å². The topological polar surface area (TPSA) is 46.1 Å². The first-order valence-electron chi connectivity index (χ1n) is 8.51. The summed E-state index contributed by atoms with van der Waals surface area (Å²) >= 11 is 0. The van der Waals surface area contributed by atoms with Gasteiger partial charge in [0.15, 0.2) is 0 Å². The van der Waals surface area contributed by atoms with Gasteiger partial charge in [-0.1, -0.05) is 0 Å². The summed E-state index contributed by atoms with van der Waals surface area (Å²) in [5, 5.41) is 5.55. The summed E-state index contributed by atoms with van der Waals surface area (Å²) in [4.78, 5) is 6.16. The van der Waals surface area contributed by atoms with E-state index in [2.05, 4.69) is 40.2 Å². The third-order valence-corrected chi connectivity index (χ3v) is 4.94. The van der Waals surface area contributed by atoms with Crippen LogP contribution in [0.5, 0.6) is 5.75 Å². The lowest BCUT2D eigenvalue weighted by Gasteiger charge is -2.21. The zero-order valence-corrected chi connectivity index (χ0v) is 14.5. The monoisotopic (exact) mass is 324 g/mol. The number of hydrogen-bond acceptors (Lipinski definition) is 3. The van der Waals surface area contributed by atoms with Crippen LogP contribution in [0.3, 0.4) is 0 Å². The lowest BCUT2D eigenvalue weighted by molar-refractivity contribution is 0.243. The van der Waals surface area contributed by atoms with Crippen molar-refractivity contribution in [2.75, 3.05) is 7.11 Å². The summed E-state index contributed by atoms with van der Waals surface area (Å²) in [7, 11) is 3.69. The van der Waals surface area contributed by atoms with Gasteiger partial charge < -0.3 is 9.72 Å². The maximum absolute atomic E-state index is 5.36. The normalized spacial score (nSPS) is 14.7. The Hall–Kier alpha value is -2.27. The third kappa shape index (κ3) is 2.91. The van der Waals surface area contributed by atoms with Crippen molar-refractivity contribution < 1.29 is 4.74 Å². The number of hydrogen-bond donors (Lipinski definition) is 1. The van der Waals surface area contributed by atoms with Gasteiger partial charge in [0.2, 0.25) is 0 Å². The van der Waals surface area contributed by atoms with E-state index in [1.165, 1.54) is 40.6 Å². The van der Waals surface area contributed by atoms with Crippen molar-refractivity contribution in [3.8, 4) is 5.75 Å². The smallest absolute Gasteiger partial charge is 0.119 e. The molecule has 1 aliphatic rings. The van der Waals surface area contributed by atoms with Crippen LogP contribution < -0.4 is 4.74 Å². The van der Waals surface area contributed by atoms with Crippen LogP contribution in [0.25, 0.3) is 10.9 Å². The molecule has 2 heterocycles. The van der Waals surface area contributed by atoms with Gasteiger partial charge in [-0.05, 0) is 43.5 Å². The molecule has 0 saturated heterocycles. The summed E-state index contributed by atoms with van der Waals surface area (Å²) < 4.78 is 7.24. The molecule has 0 aliphatic heterocycles. The van der Waals surface area contributed by atoms with Crippen molar-refractivity contribution in [2.24, 2.45) is 7.05 Å². The number of H-pyrrole nitrogens is 1. The van der Waals surface area contributed by atoms with Crippen molar-refractivity contribution in [3.63, 3.8) is 0 Å². The van der Waals surface area contributed by atoms with Gasteiger partial charge in [0, 0.05) is 54.5 Å². The molecule has 1 N–H and O–H groups in total. The second-order valence-corrected chi connectivity index (χ2v) is 6.80. The fraction of sp³-hybridized carbons (Fsp3) is 0.421. The lowest BCUT2D eigenvalue weighted by atomic mass is 10.1. The number of aryl methyl sites for hydroxylation is 2. The van der Waals surface area contributed by atoms with Crippen LogP contribution in [0.1, 0.15) is 29.7 Å². The Bertz CT molecular complexity index is 860. The Morgan fingerprint density at radius 1 is 1.33 bits per heavy atom. The van der Waals surface area contributed by atoms with Crippen LogP contribution in [-0.4, -0.2) is 32.8 Å². The number of nitrogens with one attached hydrogen (secondary N) is 1. The molecule has 1 saturated carbocycles. The Kier molecular flexibility index (Phi) is 3.81. The highest BCUT2D eigenvalue weighted by atomic mass is 16.5. The molecule has 0 bridgehead atoms. The lowest BCUT2D eigenvalue weighted by Crippen LogP contribution is -2.25.